The fourth-order valence-electron chi connectivity index (χ4n) is 1.69. The van der Waals surface area contributed by atoms with Gasteiger partial charge in [0, 0.05) is 25.4 Å². The van der Waals surface area contributed by atoms with Gasteiger partial charge in [-0.25, -0.2) is 31.3 Å². The van der Waals surface area contributed by atoms with Crippen molar-refractivity contribution in [2.75, 3.05) is 6.54 Å². The summed E-state index contributed by atoms with van der Waals surface area (Å²) in [6.45, 7) is 0.0153. The Morgan fingerprint density at radius 1 is 1.19 bits per heavy atom. The third-order valence-electron chi connectivity index (χ3n) is 2.73. The molecule has 0 atom stereocenters. The molecule has 2 rings (SSSR count). The molecule has 0 saturated carbocycles. The average Bonchev–Trinajstić information content (AvgIpc) is 2.94. The van der Waals surface area contributed by atoms with Gasteiger partial charge in [0.05, 0.1) is 0 Å². The van der Waals surface area contributed by atoms with Gasteiger partial charge in [-0.05, 0) is 18.6 Å². The Kier molecular flexibility index (Phi) is 4.63. The number of H-pyrrole nitrogens is 1. The maximum Gasteiger partial charge on any atom is 0.243 e. The fraction of sp³-hybridized carbons (Fsp3) is 0.250. The van der Waals surface area contributed by atoms with Crippen LogP contribution < -0.4 is 4.72 Å². The van der Waals surface area contributed by atoms with Crippen LogP contribution in [0.25, 0.3) is 0 Å². The first-order valence-electron chi connectivity index (χ1n) is 6.03. The molecule has 114 valence electrons. The van der Waals surface area contributed by atoms with E-state index in [0.717, 1.165) is 0 Å². The highest BCUT2D eigenvalue weighted by Gasteiger charge is 2.23. The first-order valence-corrected chi connectivity index (χ1v) is 7.51. The van der Waals surface area contributed by atoms with E-state index in [0.29, 0.717) is 30.8 Å². The van der Waals surface area contributed by atoms with E-state index in [1.807, 2.05) is 0 Å². The van der Waals surface area contributed by atoms with E-state index in [2.05, 4.69) is 14.7 Å². The van der Waals surface area contributed by atoms with Crippen molar-refractivity contribution in [2.45, 2.75) is 17.7 Å². The maximum absolute atomic E-state index is 13.4. The minimum Gasteiger partial charge on any atom is -0.349 e. The highest BCUT2D eigenvalue weighted by atomic mass is 32.2. The van der Waals surface area contributed by atoms with Crippen LogP contribution in [0, 0.1) is 17.5 Å². The molecule has 0 radical (unpaired) electrons. The quantitative estimate of drug-likeness (QED) is 0.629. The number of imidazole rings is 1. The van der Waals surface area contributed by atoms with E-state index < -0.39 is 32.4 Å². The van der Waals surface area contributed by atoms with E-state index >= 15 is 0 Å². The van der Waals surface area contributed by atoms with E-state index in [-0.39, 0.29) is 6.54 Å². The smallest absolute Gasteiger partial charge is 0.243 e. The molecule has 0 amide bonds. The molecule has 0 aliphatic carbocycles. The summed E-state index contributed by atoms with van der Waals surface area (Å²) in [4.78, 5) is 5.89. The molecule has 0 spiro atoms. The molecule has 2 aromatic rings. The van der Waals surface area contributed by atoms with Crippen LogP contribution in [0.1, 0.15) is 12.2 Å². The molecule has 2 N–H and O–H groups in total. The lowest BCUT2D eigenvalue weighted by Gasteiger charge is -2.08. The molecule has 0 aliphatic rings. The summed E-state index contributed by atoms with van der Waals surface area (Å²) in [7, 11) is -4.23. The molecule has 1 aromatic carbocycles. The second-order valence-corrected chi connectivity index (χ2v) is 5.95. The zero-order chi connectivity index (χ0) is 15.5. The van der Waals surface area contributed by atoms with Crippen molar-refractivity contribution in [3.63, 3.8) is 0 Å². The van der Waals surface area contributed by atoms with E-state index in [9.17, 15) is 21.6 Å². The lowest BCUT2D eigenvalue weighted by molar-refractivity contribution is 0.431. The zero-order valence-corrected chi connectivity index (χ0v) is 11.6. The number of hydrogen-bond donors (Lipinski definition) is 2. The molecule has 0 saturated heterocycles. The van der Waals surface area contributed by atoms with Gasteiger partial charge >= 0.3 is 0 Å². The number of rotatable bonds is 6. The number of aryl methyl sites for hydroxylation is 1. The van der Waals surface area contributed by atoms with Crippen molar-refractivity contribution < 1.29 is 21.6 Å². The second-order valence-electron chi connectivity index (χ2n) is 4.21. The van der Waals surface area contributed by atoms with E-state index in [1.165, 1.54) is 0 Å². The summed E-state index contributed by atoms with van der Waals surface area (Å²) < 4.78 is 65.0. The summed E-state index contributed by atoms with van der Waals surface area (Å²) in [5.41, 5.74) is 0. The van der Waals surface area contributed by atoms with Crippen LogP contribution in [0.4, 0.5) is 13.2 Å². The lowest BCUT2D eigenvalue weighted by atomic mass is 10.3. The largest absolute Gasteiger partial charge is 0.349 e. The standard InChI is InChI=1S/C12H12F3N3O2S/c13-8-3-4-9(12(15)11(8)14)21(19,20)18-5-1-2-10-16-6-7-17-10/h3-4,6-7,18H,1-2,5H2,(H,16,17). The predicted molar refractivity (Wildman–Crippen MR) is 68.4 cm³/mol. The van der Waals surface area contributed by atoms with Gasteiger partial charge in [0.25, 0.3) is 0 Å². The molecule has 0 fully saturated rings. The van der Waals surface area contributed by atoms with Crippen LogP contribution in [-0.4, -0.2) is 24.9 Å². The summed E-state index contributed by atoms with van der Waals surface area (Å²) >= 11 is 0. The van der Waals surface area contributed by atoms with Gasteiger partial charge in [-0.1, -0.05) is 0 Å². The van der Waals surface area contributed by atoms with Crippen molar-refractivity contribution in [1.29, 1.82) is 0 Å². The molecule has 0 bridgehead atoms. The second kappa shape index (κ2) is 6.27. The number of benzene rings is 1. The molecular weight excluding hydrogens is 307 g/mol. The zero-order valence-electron chi connectivity index (χ0n) is 10.7. The van der Waals surface area contributed by atoms with Gasteiger partial charge in [-0.15, -0.1) is 0 Å². The third-order valence-corrected chi connectivity index (χ3v) is 4.21. The van der Waals surface area contributed by atoms with Crippen LogP contribution >= 0.6 is 0 Å². The SMILES string of the molecule is O=S(=O)(NCCCc1ncc[nH]1)c1ccc(F)c(F)c1F. The summed E-state index contributed by atoms with van der Waals surface area (Å²) in [6.07, 6.45) is 4.11. The van der Waals surface area contributed by atoms with Crippen LogP contribution in [0.2, 0.25) is 0 Å². The number of sulfonamides is 1. The number of halogens is 3. The van der Waals surface area contributed by atoms with Crippen molar-refractivity contribution in [2.24, 2.45) is 0 Å². The molecule has 5 nitrogen and oxygen atoms in total. The molecule has 0 unspecified atom stereocenters. The van der Waals surface area contributed by atoms with Gasteiger partial charge in [-0.2, -0.15) is 0 Å². The highest BCUT2D eigenvalue weighted by molar-refractivity contribution is 7.89. The summed E-state index contributed by atoms with van der Waals surface area (Å²) in [5.74, 6) is -4.29. The Labute approximate surface area is 119 Å². The summed E-state index contributed by atoms with van der Waals surface area (Å²) in [6, 6.07) is 1.25. The van der Waals surface area contributed by atoms with Gasteiger partial charge < -0.3 is 4.98 Å². The monoisotopic (exact) mass is 319 g/mol. The number of nitrogens with zero attached hydrogens (tertiary/aromatic N) is 1. The maximum atomic E-state index is 13.4. The fourth-order valence-corrected chi connectivity index (χ4v) is 2.83. The van der Waals surface area contributed by atoms with Crippen LogP contribution in [0.3, 0.4) is 0 Å². The Balaban J connectivity index is 2.00. The van der Waals surface area contributed by atoms with Gasteiger partial charge in [0.2, 0.25) is 10.0 Å². The summed E-state index contributed by atoms with van der Waals surface area (Å²) in [5, 5.41) is 0. The molecule has 1 heterocycles. The molecule has 0 aliphatic heterocycles. The van der Waals surface area contributed by atoms with Gasteiger partial charge in [0.15, 0.2) is 17.5 Å². The van der Waals surface area contributed by atoms with Crippen molar-refractivity contribution in [1.82, 2.24) is 14.7 Å². The Morgan fingerprint density at radius 3 is 2.62 bits per heavy atom. The number of aromatic amines is 1. The Morgan fingerprint density at radius 2 is 1.95 bits per heavy atom. The first kappa shape index (κ1) is 15.5. The number of hydrogen-bond acceptors (Lipinski definition) is 3. The van der Waals surface area contributed by atoms with E-state index in [4.69, 9.17) is 0 Å². The number of nitrogens with one attached hydrogen (secondary N) is 2. The van der Waals surface area contributed by atoms with Crippen LogP contribution in [0.5, 0.6) is 0 Å². The van der Waals surface area contributed by atoms with E-state index in [1.54, 1.807) is 12.4 Å². The van der Waals surface area contributed by atoms with Crippen LogP contribution in [-0.2, 0) is 16.4 Å². The minimum atomic E-state index is -4.23. The molecule has 21 heavy (non-hydrogen) atoms. The van der Waals surface area contributed by atoms with Crippen molar-refractivity contribution in [3.05, 3.63) is 47.8 Å². The van der Waals surface area contributed by atoms with Crippen LogP contribution in [0.15, 0.2) is 29.4 Å². The first-order chi connectivity index (χ1) is 9.92. The highest BCUT2D eigenvalue weighted by Crippen LogP contribution is 2.19. The number of aromatic nitrogens is 2. The normalized spacial score (nSPS) is 11.8. The Hall–Kier alpha value is -1.87. The van der Waals surface area contributed by atoms with Gasteiger partial charge in [0.1, 0.15) is 10.7 Å². The minimum absolute atomic E-state index is 0.0153. The average molecular weight is 319 g/mol. The third kappa shape index (κ3) is 3.61. The van der Waals surface area contributed by atoms with Crippen molar-refractivity contribution >= 4 is 10.0 Å². The Bertz CT molecular complexity index is 718. The van der Waals surface area contributed by atoms with Crippen molar-refractivity contribution in [3.8, 4) is 0 Å². The molecule has 9 heteroatoms. The topological polar surface area (TPSA) is 74.8 Å². The lowest BCUT2D eigenvalue weighted by Crippen LogP contribution is -2.26. The van der Waals surface area contributed by atoms with Gasteiger partial charge in [-0.3, -0.25) is 0 Å². The molecule has 1 aromatic heterocycles. The predicted octanol–water partition coefficient (Wildman–Crippen LogP) is 1.74. The molecular formula is C12H12F3N3O2S.